The normalized spacial score (nSPS) is 18.5. The van der Waals surface area contributed by atoms with E-state index < -0.39 is 23.7 Å². The first kappa shape index (κ1) is 16.6. The van der Waals surface area contributed by atoms with Crippen molar-refractivity contribution in [3.63, 3.8) is 0 Å². The molecule has 1 aliphatic rings. The van der Waals surface area contributed by atoms with Gasteiger partial charge in [0, 0.05) is 21.8 Å². The lowest BCUT2D eigenvalue weighted by Crippen LogP contribution is -2.36. The van der Waals surface area contributed by atoms with Gasteiger partial charge in [-0.15, -0.1) is 0 Å². The number of hydrogen-bond acceptors (Lipinski definition) is 4. The van der Waals surface area contributed by atoms with Gasteiger partial charge in [-0.25, -0.2) is 0 Å². The molecule has 1 atom stereocenters. The summed E-state index contributed by atoms with van der Waals surface area (Å²) in [6.45, 7) is 0. The van der Waals surface area contributed by atoms with Crippen molar-refractivity contribution in [2.45, 2.75) is 12.0 Å². The molecule has 1 unspecified atom stereocenters. The molecule has 5 nitrogen and oxygen atoms in total. The molecule has 0 aliphatic carbocycles. The number of para-hydroxylation sites is 1. The van der Waals surface area contributed by atoms with Gasteiger partial charge in [0.25, 0.3) is 5.91 Å². The minimum atomic E-state index is -1.90. The number of Topliss-reactive ketones (excluding diaryl/α,β-unsaturated/α-hetero) is 1. The van der Waals surface area contributed by atoms with Crippen LogP contribution in [-0.2, 0) is 10.4 Å². The molecule has 0 fully saturated rings. The van der Waals surface area contributed by atoms with E-state index in [1.807, 2.05) is 0 Å². The number of carbonyl (C=O) groups excluding carboxylic acids is 2. The van der Waals surface area contributed by atoms with Crippen molar-refractivity contribution in [2.24, 2.45) is 0 Å². The Hall–Kier alpha value is -2.89. The number of fused-ring (bicyclic) bond motifs is 1. The average Bonchev–Trinajstić information content (AvgIpc) is 3.21. The standard InChI is InChI=1S/C20H14ClNO4/c21-13-7-5-12(6-8-13)17-9-10-18(26-17)16(23)11-20(25)14-3-1-2-4-15(14)22-19(20)24/h1-10,25H,11H2,(H,22,24). The lowest BCUT2D eigenvalue weighted by Gasteiger charge is -2.19. The summed E-state index contributed by atoms with van der Waals surface area (Å²) in [6, 6.07) is 17.0. The van der Waals surface area contributed by atoms with E-state index in [0.717, 1.165) is 5.56 Å². The van der Waals surface area contributed by atoms with Gasteiger partial charge in [0.15, 0.2) is 11.4 Å². The number of furan rings is 1. The van der Waals surface area contributed by atoms with Gasteiger partial charge in [-0.05, 0) is 42.5 Å². The molecule has 4 rings (SSSR count). The Morgan fingerprint density at radius 3 is 2.58 bits per heavy atom. The molecule has 0 spiro atoms. The Balaban J connectivity index is 1.59. The Morgan fingerprint density at radius 2 is 1.81 bits per heavy atom. The van der Waals surface area contributed by atoms with Gasteiger partial charge in [-0.2, -0.15) is 0 Å². The molecular formula is C20H14ClNO4. The zero-order valence-corrected chi connectivity index (χ0v) is 14.3. The Kier molecular flexibility index (Phi) is 3.90. The Morgan fingerprint density at radius 1 is 1.08 bits per heavy atom. The molecule has 0 saturated heterocycles. The number of aliphatic hydroxyl groups is 1. The van der Waals surface area contributed by atoms with E-state index in [-0.39, 0.29) is 5.76 Å². The zero-order chi connectivity index (χ0) is 18.3. The Bertz CT molecular complexity index is 1010. The second-order valence-corrected chi connectivity index (χ2v) is 6.57. The second-order valence-electron chi connectivity index (χ2n) is 6.13. The van der Waals surface area contributed by atoms with Crippen LogP contribution in [0.2, 0.25) is 5.02 Å². The van der Waals surface area contributed by atoms with Crippen LogP contribution in [0.3, 0.4) is 0 Å². The fourth-order valence-electron chi connectivity index (χ4n) is 3.05. The van der Waals surface area contributed by atoms with E-state index in [1.54, 1.807) is 54.6 Å². The molecule has 1 aliphatic heterocycles. The summed E-state index contributed by atoms with van der Waals surface area (Å²) in [5.41, 5.74) is -0.228. The van der Waals surface area contributed by atoms with Gasteiger partial charge in [0.1, 0.15) is 5.76 Å². The van der Waals surface area contributed by atoms with Crippen LogP contribution in [0.5, 0.6) is 0 Å². The number of ketones is 1. The van der Waals surface area contributed by atoms with Gasteiger partial charge in [-0.3, -0.25) is 9.59 Å². The summed E-state index contributed by atoms with van der Waals surface area (Å²) in [5.74, 6) is -0.482. The number of carbonyl (C=O) groups is 2. The molecule has 6 heteroatoms. The van der Waals surface area contributed by atoms with Crippen LogP contribution >= 0.6 is 11.6 Å². The fraction of sp³-hybridized carbons (Fsp3) is 0.100. The lowest BCUT2D eigenvalue weighted by molar-refractivity contribution is -0.133. The van der Waals surface area contributed by atoms with Gasteiger partial charge in [-0.1, -0.05) is 29.8 Å². The van der Waals surface area contributed by atoms with Crippen molar-refractivity contribution in [3.05, 3.63) is 77.0 Å². The van der Waals surface area contributed by atoms with Crippen LogP contribution < -0.4 is 5.32 Å². The molecule has 2 heterocycles. The number of rotatable bonds is 4. The maximum absolute atomic E-state index is 12.6. The van der Waals surface area contributed by atoms with Gasteiger partial charge >= 0.3 is 0 Å². The lowest BCUT2D eigenvalue weighted by atomic mass is 9.89. The third-order valence-electron chi connectivity index (χ3n) is 4.42. The maximum Gasteiger partial charge on any atom is 0.261 e. The van der Waals surface area contributed by atoms with Crippen molar-refractivity contribution < 1.29 is 19.1 Å². The van der Waals surface area contributed by atoms with Gasteiger partial charge in [0.2, 0.25) is 5.78 Å². The molecule has 2 aromatic carbocycles. The van der Waals surface area contributed by atoms with Crippen LogP contribution in [0.25, 0.3) is 11.3 Å². The topological polar surface area (TPSA) is 79.5 Å². The van der Waals surface area contributed by atoms with Crippen LogP contribution in [0.1, 0.15) is 22.5 Å². The highest BCUT2D eigenvalue weighted by atomic mass is 35.5. The van der Waals surface area contributed by atoms with E-state index in [4.69, 9.17) is 16.0 Å². The monoisotopic (exact) mass is 367 g/mol. The summed E-state index contributed by atoms with van der Waals surface area (Å²) in [7, 11) is 0. The number of hydrogen-bond donors (Lipinski definition) is 2. The highest BCUT2D eigenvalue weighted by molar-refractivity contribution is 6.30. The maximum atomic E-state index is 12.6. The van der Waals surface area contributed by atoms with Crippen molar-refractivity contribution in [3.8, 4) is 11.3 Å². The molecule has 130 valence electrons. The molecule has 3 aromatic rings. The summed E-state index contributed by atoms with van der Waals surface area (Å²) < 4.78 is 5.61. The SMILES string of the molecule is O=C(CC1(O)C(=O)Nc2ccccc21)c1ccc(-c2ccc(Cl)cc2)o1. The quantitative estimate of drug-likeness (QED) is 0.683. The first-order chi connectivity index (χ1) is 12.5. The van der Waals surface area contributed by atoms with Crippen molar-refractivity contribution >= 4 is 29.0 Å². The molecule has 0 saturated carbocycles. The second kappa shape index (κ2) is 6.12. The summed E-state index contributed by atoms with van der Waals surface area (Å²) in [6.07, 6.45) is -0.399. The Labute approximate surface area is 154 Å². The number of nitrogens with one attached hydrogen (secondary N) is 1. The predicted molar refractivity (Wildman–Crippen MR) is 97.1 cm³/mol. The number of halogens is 1. The van der Waals surface area contributed by atoms with E-state index >= 15 is 0 Å². The highest BCUT2D eigenvalue weighted by Crippen LogP contribution is 2.39. The summed E-state index contributed by atoms with van der Waals surface area (Å²) >= 11 is 5.87. The van der Waals surface area contributed by atoms with Crippen molar-refractivity contribution in [1.82, 2.24) is 0 Å². The van der Waals surface area contributed by atoms with Crippen molar-refractivity contribution in [2.75, 3.05) is 5.32 Å². The highest BCUT2D eigenvalue weighted by Gasteiger charge is 2.47. The molecule has 2 N–H and O–H groups in total. The molecule has 0 radical (unpaired) electrons. The first-order valence-corrected chi connectivity index (χ1v) is 8.37. The number of amides is 1. The van der Waals surface area contributed by atoms with Crippen LogP contribution in [-0.4, -0.2) is 16.8 Å². The van der Waals surface area contributed by atoms with E-state index in [0.29, 0.717) is 22.0 Å². The van der Waals surface area contributed by atoms with E-state index in [1.165, 1.54) is 6.07 Å². The number of anilines is 1. The average molecular weight is 368 g/mol. The van der Waals surface area contributed by atoms with E-state index in [9.17, 15) is 14.7 Å². The van der Waals surface area contributed by atoms with Crippen molar-refractivity contribution in [1.29, 1.82) is 0 Å². The first-order valence-electron chi connectivity index (χ1n) is 8.00. The zero-order valence-electron chi connectivity index (χ0n) is 13.5. The van der Waals surface area contributed by atoms with Gasteiger partial charge in [0.05, 0.1) is 6.42 Å². The molecule has 0 bridgehead atoms. The third-order valence-corrected chi connectivity index (χ3v) is 4.67. The number of benzene rings is 2. The largest absolute Gasteiger partial charge is 0.453 e. The minimum Gasteiger partial charge on any atom is -0.453 e. The molecule has 1 aromatic heterocycles. The molecule has 1 amide bonds. The minimum absolute atomic E-state index is 0.0838. The third kappa shape index (κ3) is 2.71. The molecular weight excluding hydrogens is 354 g/mol. The summed E-state index contributed by atoms with van der Waals surface area (Å²) in [4.78, 5) is 24.8. The van der Waals surface area contributed by atoms with Crippen LogP contribution in [0, 0.1) is 0 Å². The summed E-state index contributed by atoms with van der Waals surface area (Å²) in [5, 5.41) is 14.0. The van der Waals surface area contributed by atoms with Gasteiger partial charge < -0.3 is 14.8 Å². The van der Waals surface area contributed by atoms with E-state index in [2.05, 4.69) is 5.32 Å². The fourth-order valence-corrected chi connectivity index (χ4v) is 3.18. The van der Waals surface area contributed by atoms with Crippen LogP contribution in [0.15, 0.2) is 65.1 Å². The van der Waals surface area contributed by atoms with Crippen LogP contribution in [0.4, 0.5) is 5.69 Å². The smallest absolute Gasteiger partial charge is 0.261 e. The molecule has 26 heavy (non-hydrogen) atoms. The predicted octanol–water partition coefficient (Wildman–Crippen LogP) is 4.01.